The summed E-state index contributed by atoms with van der Waals surface area (Å²) >= 11 is 4.92. The van der Waals surface area contributed by atoms with Crippen LogP contribution in [0.2, 0.25) is 0 Å². The van der Waals surface area contributed by atoms with Crippen molar-refractivity contribution in [2.75, 3.05) is 11.9 Å². The molecule has 0 fully saturated rings. The van der Waals surface area contributed by atoms with E-state index >= 15 is 0 Å². The highest BCUT2D eigenvalue weighted by Gasteiger charge is 2.13. The molecule has 0 bridgehead atoms. The van der Waals surface area contributed by atoms with Crippen LogP contribution < -0.4 is 10.6 Å². The van der Waals surface area contributed by atoms with Gasteiger partial charge in [-0.25, -0.2) is 4.39 Å². The molecule has 0 aliphatic heterocycles. The highest BCUT2D eigenvalue weighted by atomic mass is 32.1. The van der Waals surface area contributed by atoms with Crippen LogP contribution in [0.3, 0.4) is 0 Å². The number of carbonyl (C=O) groups excluding carboxylic acids is 2. The summed E-state index contributed by atoms with van der Waals surface area (Å²) in [5.41, 5.74) is 0.628. The number of nitrogens with zero attached hydrogens (tertiary/aromatic N) is 1. The lowest BCUT2D eigenvalue weighted by molar-refractivity contribution is -0.384. The van der Waals surface area contributed by atoms with E-state index in [0.717, 1.165) is 24.6 Å². The average Bonchev–Trinajstić information content (AvgIpc) is 2.73. The molecule has 2 N–H and O–H groups in total. The molecule has 164 valence electrons. The predicted octanol–water partition coefficient (Wildman–Crippen LogP) is 3.89. The lowest BCUT2D eigenvalue weighted by Gasteiger charge is -2.10. The molecule has 0 unspecified atom stereocenters. The largest absolute Gasteiger partial charge is 0.466 e. The zero-order valence-corrected chi connectivity index (χ0v) is 17.5. The molecule has 0 radical (unpaired) electrons. The summed E-state index contributed by atoms with van der Waals surface area (Å²) in [6, 6.07) is 12.8. The molecule has 0 aliphatic carbocycles. The summed E-state index contributed by atoms with van der Waals surface area (Å²) in [5.74, 6) is -1.61. The summed E-state index contributed by atoms with van der Waals surface area (Å²) in [5, 5.41) is 15.3. The van der Waals surface area contributed by atoms with E-state index in [-0.39, 0.29) is 41.7 Å². The third kappa shape index (κ3) is 8.87. The number of amides is 1. The van der Waals surface area contributed by atoms with Crippen molar-refractivity contribution in [1.29, 1.82) is 0 Å². The van der Waals surface area contributed by atoms with E-state index in [1.165, 1.54) is 5.56 Å². The highest BCUT2D eigenvalue weighted by Crippen LogP contribution is 2.21. The van der Waals surface area contributed by atoms with Crippen LogP contribution in [0, 0.1) is 15.9 Å². The van der Waals surface area contributed by atoms with Gasteiger partial charge in [-0.05, 0) is 43.1 Å². The first-order valence-corrected chi connectivity index (χ1v) is 10.0. The monoisotopic (exact) mass is 447 g/mol. The smallest absolute Gasteiger partial charge is 0.305 e. The van der Waals surface area contributed by atoms with Crippen molar-refractivity contribution in [2.24, 2.45) is 0 Å². The van der Waals surface area contributed by atoms with E-state index in [1.54, 1.807) is 0 Å². The van der Waals surface area contributed by atoms with Gasteiger partial charge in [0.15, 0.2) is 5.11 Å². The van der Waals surface area contributed by atoms with E-state index in [9.17, 15) is 24.1 Å². The van der Waals surface area contributed by atoms with Gasteiger partial charge in [-0.15, -0.1) is 0 Å². The number of anilines is 1. The quantitative estimate of drug-likeness (QED) is 0.187. The SMILES string of the molecule is O=C(CCCC(=O)OCCCc1ccccc1)NC(=S)Nc1cc([N+](=O)[O-])ccc1F. The lowest BCUT2D eigenvalue weighted by Crippen LogP contribution is -2.34. The summed E-state index contributed by atoms with van der Waals surface area (Å²) in [6.45, 7) is 0.308. The number of thiocarbonyl (C=S) groups is 1. The van der Waals surface area contributed by atoms with Gasteiger partial charge in [-0.2, -0.15) is 0 Å². The minimum atomic E-state index is -0.753. The highest BCUT2D eigenvalue weighted by molar-refractivity contribution is 7.80. The Morgan fingerprint density at radius 1 is 1.10 bits per heavy atom. The zero-order chi connectivity index (χ0) is 22.6. The number of esters is 1. The maximum absolute atomic E-state index is 13.7. The van der Waals surface area contributed by atoms with Crippen LogP contribution in [0.25, 0.3) is 0 Å². The zero-order valence-electron chi connectivity index (χ0n) is 16.6. The van der Waals surface area contributed by atoms with E-state index < -0.39 is 16.6 Å². The van der Waals surface area contributed by atoms with Crippen LogP contribution >= 0.6 is 12.2 Å². The molecule has 2 aromatic rings. The van der Waals surface area contributed by atoms with Crippen molar-refractivity contribution in [3.8, 4) is 0 Å². The second kappa shape index (κ2) is 12.3. The first-order valence-electron chi connectivity index (χ1n) is 9.59. The molecule has 2 aromatic carbocycles. The van der Waals surface area contributed by atoms with Gasteiger partial charge >= 0.3 is 5.97 Å². The number of hydrogen-bond donors (Lipinski definition) is 2. The summed E-state index contributed by atoms with van der Waals surface area (Å²) in [7, 11) is 0. The minimum absolute atomic E-state index is 0.0123. The van der Waals surface area contributed by atoms with Crippen LogP contribution in [0.5, 0.6) is 0 Å². The van der Waals surface area contributed by atoms with E-state index in [0.29, 0.717) is 13.0 Å². The third-order valence-electron chi connectivity index (χ3n) is 4.16. The molecule has 0 atom stereocenters. The fraction of sp³-hybridized carbons (Fsp3) is 0.286. The number of hydrogen-bond acceptors (Lipinski definition) is 6. The summed E-state index contributed by atoms with van der Waals surface area (Å²) in [6.07, 6.45) is 1.88. The predicted molar refractivity (Wildman–Crippen MR) is 117 cm³/mol. The topological polar surface area (TPSA) is 111 Å². The van der Waals surface area contributed by atoms with Crippen LogP contribution in [-0.2, 0) is 20.7 Å². The Bertz CT molecular complexity index is 940. The number of nitrogens with one attached hydrogen (secondary N) is 2. The Balaban J connectivity index is 1.63. The number of non-ortho nitro benzene ring substituents is 1. The summed E-state index contributed by atoms with van der Waals surface area (Å²) < 4.78 is 18.9. The molecule has 0 saturated heterocycles. The molecular weight excluding hydrogens is 425 g/mol. The van der Waals surface area contributed by atoms with Crippen LogP contribution in [-0.4, -0.2) is 28.5 Å². The van der Waals surface area contributed by atoms with Gasteiger partial charge in [0.05, 0.1) is 17.2 Å². The van der Waals surface area contributed by atoms with E-state index in [1.807, 2.05) is 30.3 Å². The number of carbonyl (C=O) groups is 2. The molecule has 1 amide bonds. The Hall–Kier alpha value is -3.40. The van der Waals surface area contributed by atoms with E-state index in [4.69, 9.17) is 17.0 Å². The van der Waals surface area contributed by atoms with Gasteiger partial charge in [-0.1, -0.05) is 30.3 Å². The second-order valence-corrected chi connectivity index (χ2v) is 6.99. The molecule has 0 saturated carbocycles. The average molecular weight is 447 g/mol. The standard InChI is InChI=1S/C21H22FN3O5S/c22-17-12-11-16(25(28)29)14-18(17)23-21(31)24-19(26)9-4-10-20(27)30-13-5-8-15-6-2-1-3-7-15/h1-3,6-7,11-12,14H,4-5,8-10,13H2,(H2,23,24,26,31). The third-order valence-corrected chi connectivity index (χ3v) is 4.37. The Kier molecular flexibility index (Phi) is 9.50. The molecular formula is C21H22FN3O5S. The first kappa shape index (κ1) is 23.9. The lowest BCUT2D eigenvalue weighted by atomic mass is 10.1. The number of nitro groups is 1. The Labute approximate surface area is 183 Å². The van der Waals surface area contributed by atoms with Gasteiger partial charge in [0.1, 0.15) is 5.82 Å². The fourth-order valence-electron chi connectivity index (χ4n) is 2.64. The Morgan fingerprint density at radius 3 is 2.55 bits per heavy atom. The number of halogens is 1. The van der Waals surface area contributed by atoms with Gasteiger partial charge in [0, 0.05) is 25.0 Å². The van der Waals surface area contributed by atoms with Gasteiger partial charge in [-0.3, -0.25) is 19.7 Å². The number of rotatable bonds is 10. The summed E-state index contributed by atoms with van der Waals surface area (Å²) in [4.78, 5) is 33.7. The van der Waals surface area contributed by atoms with Crippen LogP contribution in [0.4, 0.5) is 15.8 Å². The Morgan fingerprint density at radius 2 is 1.84 bits per heavy atom. The van der Waals surface area contributed by atoms with Crippen molar-refractivity contribution in [3.05, 3.63) is 70.0 Å². The van der Waals surface area contributed by atoms with Gasteiger partial charge < -0.3 is 15.4 Å². The molecule has 10 heteroatoms. The minimum Gasteiger partial charge on any atom is -0.466 e. The molecule has 0 aliphatic rings. The van der Waals surface area contributed by atoms with Crippen molar-refractivity contribution in [1.82, 2.24) is 5.32 Å². The molecule has 0 spiro atoms. The van der Waals surface area contributed by atoms with Crippen molar-refractivity contribution < 1.29 is 23.6 Å². The van der Waals surface area contributed by atoms with Crippen molar-refractivity contribution in [3.63, 3.8) is 0 Å². The maximum atomic E-state index is 13.7. The van der Waals surface area contributed by atoms with Gasteiger partial charge in [0.25, 0.3) is 5.69 Å². The molecule has 0 aromatic heterocycles. The molecule has 0 heterocycles. The number of benzene rings is 2. The molecule has 2 rings (SSSR count). The fourth-order valence-corrected chi connectivity index (χ4v) is 2.86. The normalized spacial score (nSPS) is 10.2. The van der Waals surface area contributed by atoms with Crippen molar-refractivity contribution in [2.45, 2.75) is 32.1 Å². The number of aryl methyl sites for hydroxylation is 1. The van der Waals surface area contributed by atoms with E-state index in [2.05, 4.69) is 10.6 Å². The van der Waals surface area contributed by atoms with Gasteiger partial charge in [0.2, 0.25) is 5.91 Å². The first-order chi connectivity index (χ1) is 14.8. The van der Waals surface area contributed by atoms with Crippen molar-refractivity contribution >= 4 is 40.6 Å². The molecule has 8 nitrogen and oxygen atoms in total. The number of ether oxygens (including phenoxy) is 1. The maximum Gasteiger partial charge on any atom is 0.305 e. The second-order valence-electron chi connectivity index (χ2n) is 6.59. The van der Waals surface area contributed by atoms with Crippen LogP contribution in [0.15, 0.2) is 48.5 Å². The molecule has 31 heavy (non-hydrogen) atoms. The van der Waals surface area contributed by atoms with Crippen LogP contribution in [0.1, 0.15) is 31.2 Å². The number of nitro benzene ring substituents is 1.